The van der Waals surface area contributed by atoms with Crippen LogP contribution >= 0.6 is 0 Å². The van der Waals surface area contributed by atoms with E-state index >= 15 is 0 Å². The van der Waals surface area contributed by atoms with E-state index in [1.165, 1.54) is 51.6 Å². The van der Waals surface area contributed by atoms with Crippen LogP contribution in [0, 0.1) is 0 Å². The van der Waals surface area contributed by atoms with Gasteiger partial charge < -0.3 is 14.9 Å². The highest BCUT2D eigenvalue weighted by Gasteiger charge is 2.38. The average molecular weight is 332 g/mol. The van der Waals surface area contributed by atoms with Crippen molar-refractivity contribution in [1.29, 1.82) is 0 Å². The molecule has 8 nitrogen and oxygen atoms in total. The largest absolute Gasteiger partial charge is 0.504 e. The second kappa shape index (κ2) is 6.45. The quantitative estimate of drug-likeness (QED) is 0.371. The molecule has 2 rings (SSSR count). The molecule has 1 aliphatic rings. The zero-order valence-electron chi connectivity index (χ0n) is 13.3. The number of allylic oxidation sites excluding steroid dienone is 1. The van der Waals surface area contributed by atoms with Gasteiger partial charge in [0.15, 0.2) is 11.5 Å². The number of carbonyl (C=O) groups excluding carboxylic acids is 3. The first-order chi connectivity index (χ1) is 11.3. The van der Waals surface area contributed by atoms with Crippen LogP contribution in [0.5, 0.6) is 11.5 Å². The number of benzene rings is 1. The molecule has 24 heavy (non-hydrogen) atoms. The van der Waals surface area contributed by atoms with E-state index in [4.69, 9.17) is 4.74 Å². The van der Waals surface area contributed by atoms with Gasteiger partial charge in [-0.3, -0.25) is 19.4 Å². The summed E-state index contributed by atoms with van der Waals surface area (Å²) in [5, 5.41) is 18.8. The second-order valence-corrected chi connectivity index (χ2v) is 5.07. The average Bonchev–Trinajstić information content (AvgIpc) is 2.57. The Labute approximate surface area is 137 Å². The van der Waals surface area contributed by atoms with Crippen molar-refractivity contribution in [3.8, 4) is 11.5 Å². The van der Waals surface area contributed by atoms with Gasteiger partial charge in [0.25, 0.3) is 11.8 Å². The number of carbonyl (C=O) groups is 3. The summed E-state index contributed by atoms with van der Waals surface area (Å²) in [4.78, 5) is 37.6. The molecule has 0 aliphatic carbocycles. The topological polar surface area (TPSA) is 107 Å². The summed E-state index contributed by atoms with van der Waals surface area (Å²) in [5.41, 5.74) is 0.253. The molecule has 1 saturated heterocycles. The smallest absolute Gasteiger partial charge is 0.333 e. The Kier molecular flexibility index (Phi) is 4.59. The van der Waals surface area contributed by atoms with Gasteiger partial charge in [0.1, 0.15) is 11.3 Å². The van der Waals surface area contributed by atoms with Gasteiger partial charge in [-0.1, -0.05) is 6.07 Å². The first-order valence-electron chi connectivity index (χ1n) is 6.85. The molecule has 0 bridgehead atoms. The third-order valence-electron chi connectivity index (χ3n) is 3.47. The van der Waals surface area contributed by atoms with Crippen molar-refractivity contribution in [3.05, 3.63) is 41.2 Å². The minimum absolute atomic E-state index is 0.160. The van der Waals surface area contributed by atoms with Gasteiger partial charge in [0.05, 0.1) is 7.11 Å². The van der Waals surface area contributed by atoms with Crippen molar-refractivity contribution in [1.82, 2.24) is 9.80 Å². The minimum atomic E-state index is -0.736. The van der Waals surface area contributed by atoms with Crippen LogP contribution in [0.1, 0.15) is 5.56 Å². The molecule has 0 saturated carbocycles. The van der Waals surface area contributed by atoms with Crippen molar-refractivity contribution >= 4 is 23.9 Å². The van der Waals surface area contributed by atoms with Crippen LogP contribution in [0.4, 0.5) is 4.79 Å². The lowest BCUT2D eigenvalue weighted by molar-refractivity contribution is -0.134. The number of ether oxygens (including phenoxy) is 1. The van der Waals surface area contributed by atoms with Crippen LogP contribution in [0.15, 0.2) is 35.6 Å². The normalized spacial score (nSPS) is 15.9. The number of hydrogen-bond donors (Lipinski definition) is 2. The third-order valence-corrected chi connectivity index (χ3v) is 3.47. The molecule has 0 aromatic heterocycles. The lowest BCUT2D eigenvalue weighted by Gasteiger charge is -2.28. The lowest BCUT2D eigenvalue weighted by atomic mass is 10.1. The maximum absolute atomic E-state index is 12.1. The van der Waals surface area contributed by atoms with E-state index in [-0.39, 0.29) is 22.8 Å². The predicted octanol–water partition coefficient (Wildman–Crippen LogP) is 1.06. The fourth-order valence-electron chi connectivity index (χ4n) is 2.07. The van der Waals surface area contributed by atoms with Gasteiger partial charge in [-0.05, 0) is 29.8 Å². The van der Waals surface area contributed by atoms with E-state index in [1.54, 1.807) is 0 Å². The van der Waals surface area contributed by atoms with E-state index in [1.807, 2.05) is 0 Å². The van der Waals surface area contributed by atoms with Gasteiger partial charge in [0, 0.05) is 14.1 Å². The Morgan fingerprint density at radius 3 is 2.12 bits per heavy atom. The number of methoxy groups -OCH3 is 1. The second-order valence-electron chi connectivity index (χ2n) is 5.07. The zero-order valence-corrected chi connectivity index (χ0v) is 13.3. The zero-order chi connectivity index (χ0) is 18.0. The minimum Gasteiger partial charge on any atom is -0.504 e. The molecule has 1 fully saturated rings. The van der Waals surface area contributed by atoms with E-state index in [9.17, 15) is 24.6 Å². The Bertz CT molecular complexity index is 755. The summed E-state index contributed by atoms with van der Waals surface area (Å²) in [7, 11) is 3.89. The van der Waals surface area contributed by atoms with Crippen molar-refractivity contribution in [2.45, 2.75) is 0 Å². The van der Waals surface area contributed by atoms with Crippen molar-refractivity contribution in [3.63, 3.8) is 0 Å². The van der Waals surface area contributed by atoms with Crippen LogP contribution in [-0.4, -0.2) is 59.1 Å². The van der Waals surface area contributed by atoms with Gasteiger partial charge in [-0.25, -0.2) is 4.79 Å². The molecule has 0 radical (unpaired) electrons. The number of phenolic OH excluding ortho intramolecular Hbond substituents is 2. The number of amides is 4. The Hall–Kier alpha value is -3.29. The van der Waals surface area contributed by atoms with Crippen LogP contribution < -0.4 is 0 Å². The van der Waals surface area contributed by atoms with Crippen LogP contribution in [-0.2, 0) is 14.3 Å². The molecule has 8 heteroatoms. The molecule has 1 aromatic rings. The number of barbiturate groups is 1. The number of nitrogens with zero attached hydrogens (tertiary/aromatic N) is 2. The van der Waals surface area contributed by atoms with Gasteiger partial charge in [-0.2, -0.15) is 0 Å². The lowest BCUT2D eigenvalue weighted by Crippen LogP contribution is -2.53. The third kappa shape index (κ3) is 3.07. The first-order valence-corrected chi connectivity index (χ1v) is 6.85. The predicted molar refractivity (Wildman–Crippen MR) is 83.8 cm³/mol. The van der Waals surface area contributed by atoms with Crippen molar-refractivity contribution in [2.75, 3.05) is 21.2 Å². The number of aromatic hydroxyl groups is 2. The van der Waals surface area contributed by atoms with Crippen molar-refractivity contribution in [2.24, 2.45) is 0 Å². The van der Waals surface area contributed by atoms with Crippen LogP contribution in [0.25, 0.3) is 6.08 Å². The number of phenols is 2. The molecule has 2 N–H and O–H groups in total. The first kappa shape index (κ1) is 17.1. The molecule has 0 spiro atoms. The summed E-state index contributed by atoms with van der Waals surface area (Å²) in [6, 6.07) is 3.38. The van der Waals surface area contributed by atoms with E-state index < -0.39 is 17.8 Å². The molecule has 126 valence electrons. The highest BCUT2D eigenvalue weighted by Crippen LogP contribution is 2.26. The number of likely N-dealkylation sites (N-methyl/N-ethyl adjacent to an activating group) is 2. The highest BCUT2D eigenvalue weighted by atomic mass is 16.5. The van der Waals surface area contributed by atoms with E-state index in [0.717, 1.165) is 9.80 Å². The molecule has 0 unspecified atom stereocenters. The summed E-state index contributed by atoms with van der Waals surface area (Å²) < 4.78 is 5.14. The summed E-state index contributed by atoms with van der Waals surface area (Å²) in [6.07, 6.45) is 2.68. The van der Waals surface area contributed by atoms with E-state index in [2.05, 4.69) is 0 Å². The van der Waals surface area contributed by atoms with Crippen LogP contribution in [0.3, 0.4) is 0 Å². The number of rotatable bonds is 3. The molecule has 1 heterocycles. The van der Waals surface area contributed by atoms with Gasteiger partial charge in [-0.15, -0.1) is 0 Å². The summed E-state index contributed by atoms with van der Waals surface area (Å²) >= 11 is 0. The van der Waals surface area contributed by atoms with Crippen molar-refractivity contribution < 1.29 is 29.3 Å². The van der Waals surface area contributed by atoms with Gasteiger partial charge >= 0.3 is 6.03 Å². The van der Waals surface area contributed by atoms with E-state index in [0.29, 0.717) is 5.56 Å². The standard InChI is InChI=1S/C16H16N2O6/c1-17-14(21)11(15(22)18(2)16(17)23)8-10(24-3)6-9-4-5-12(19)13(20)7-9/h4-8,19-20H,1-3H3/b10-6-. The Morgan fingerprint density at radius 2 is 1.62 bits per heavy atom. The fraction of sp³-hybridized carbons (Fsp3) is 0.188. The van der Waals surface area contributed by atoms with Crippen LogP contribution in [0.2, 0.25) is 0 Å². The number of imide groups is 2. The highest BCUT2D eigenvalue weighted by molar-refractivity contribution is 6.28. The number of urea groups is 1. The number of hydrogen-bond acceptors (Lipinski definition) is 6. The molecular formula is C16H16N2O6. The molecule has 4 amide bonds. The van der Waals surface area contributed by atoms with Gasteiger partial charge in [0.2, 0.25) is 0 Å². The molecule has 1 aliphatic heterocycles. The Balaban J connectivity index is 2.43. The monoisotopic (exact) mass is 332 g/mol. The summed E-state index contributed by atoms with van der Waals surface area (Å²) in [5.74, 6) is -1.90. The SMILES string of the molecule is CO/C(C=C1C(=O)N(C)C(=O)N(C)C1=O)=C\c1ccc(O)c(O)c1. The molecule has 0 atom stereocenters. The maximum Gasteiger partial charge on any atom is 0.333 e. The Morgan fingerprint density at radius 1 is 1.04 bits per heavy atom. The molecule has 1 aromatic carbocycles. The maximum atomic E-state index is 12.1. The molecular weight excluding hydrogens is 316 g/mol. The summed E-state index contributed by atoms with van der Waals surface area (Å²) in [6.45, 7) is 0. The fourth-order valence-corrected chi connectivity index (χ4v) is 2.07.